The van der Waals surface area contributed by atoms with Crippen LogP contribution >= 0.6 is 0 Å². The van der Waals surface area contributed by atoms with Gasteiger partial charge in [0.05, 0.1) is 52.8 Å². The quantitative estimate of drug-likeness (QED) is 0.0293. The first-order chi connectivity index (χ1) is 30.8. The van der Waals surface area contributed by atoms with Crippen molar-refractivity contribution in [1.29, 1.82) is 0 Å². The molecule has 0 bridgehead atoms. The Balaban J connectivity index is 0.00000336. The van der Waals surface area contributed by atoms with E-state index in [4.69, 9.17) is 15.2 Å². The van der Waals surface area contributed by atoms with E-state index < -0.39 is 70.1 Å². The minimum Gasteiger partial charge on any atom is -0.871 e. The number of aromatic carboxylic acids is 1. The molecule has 7 rings (SSSR count). The molecule has 0 spiro atoms. The summed E-state index contributed by atoms with van der Waals surface area (Å²) in [7, 11) is -7.01. The molecule has 27 heteroatoms. The Morgan fingerprint density at radius 2 is 1.16 bits per heavy atom. The molecule has 4 N–H and O–H groups in total. The first-order valence-corrected chi connectivity index (χ1v) is 21.0. The molecule has 0 aromatic heterocycles. The average Bonchev–Trinajstić information content (AvgIpc) is 3.26. The maximum atomic E-state index is 13.8. The van der Waals surface area contributed by atoms with E-state index in [-0.39, 0.29) is 150 Å². The van der Waals surface area contributed by atoms with Gasteiger partial charge in [0.15, 0.2) is 0 Å². The number of hydrogen-bond donors (Lipinski definition) is 3. The molecule has 7 aromatic rings. The molecule has 0 radical (unpaired) electrons. The molecule has 0 aliphatic carbocycles. The first kappa shape index (κ1) is 55.1. The molecular formula is C41H27N8Na3O14S2. The summed E-state index contributed by atoms with van der Waals surface area (Å²) in [5.41, 5.74) is 4.39. The van der Waals surface area contributed by atoms with E-state index in [1.165, 1.54) is 56.7 Å². The van der Waals surface area contributed by atoms with Crippen LogP contribution in [0.5, 0.6) is 23.0 Å². The number of carboxylic acid groups (broad SMARTS) is 1. The predicted octanol–water partition coefficient (Wildman–Crippen LogP) is -1.57. The molecule has 0 saturated carbocycles. The van der Waals surface area contributed by atoms with E-state index in [2.05, 4.69) is 30.7 Å². The van der Waals surface area contributed by atoms with E-state index in [1.54, 1.807) is 30.3 Å². The standard InChI is InChI=1S/C41H30N8O14S2.3Na/c1-62-34-16-20(3-11-31(34)44-47-38-25-8-7-24(64(56,57)58)15-22(25)5-14-33(38)50)21-4-12-32(35(17-21)63-2)45-48-39-36(65(59,60)61)19-27-26(40(39)51)9-10-29(42)37(27)46-43-30-13-6-23(49(54)55)18-28(30)41(52)53;;;/h3-19,50-51H,42H2,1-2H3,(H,52,53)(H,56,57,58)(H,59,60,61);;;/q;3*+1/p-3. The molecule has 0 heterocycles. The van der Waals surface area contributed by atoms with Gasteiger partial charge in [-0.1, -0.05) is 47.9 Å². The van der Waals surface area contributed by atoms with Gasteiger partial charge >= 0.3 is 88.7 Å². The van der Waals surface area contributed by atoms with Crippen molar-refractivity contribution in [2.24, 2.45) is 30.7 Å². The second-order valence-corrected chi connectivity index (χ2v) is 16.3. The summed E-state index contributed by atoms with van der Waals surface area (Å²) in [6, 6.07) is 21.6. The van der Waals surface area contributed by atoms with Gasteiger partial charge in [-0.25, -0.2) is 0 Å². The van der Waals surface area contributed by atoms with Crippen LogP contribution in [0.2, 0.25) is 0 Å². The largest absolute Gasteiger partial charge is 1.00 e. The van der Waals surface area contributed by atoms with Gasteiger partial charge in [-0.3, -0.25) is 19.2 Å². The monoisotopic (exact) mass is 988 g/mol. The van der Waals surface area contributed by atoms with Crippen molar-refractivity contribution in [3.05, 3.63) is 119 Å². The van der Waals surface area contributed by atoms with Gasteiger partial charge in [0.1, 0.15) is 33.5 Å². The number of methoxy groups -OCH3 is 2. The number of non-ortho nitro benzene ring substituents is 1. The van der Waals surface area contributed by atoms with Gasteiger partial charge in [-0.15, -0.1) is 25.6 Å². The number of carbonyl (C=O) groups excluding carboxylic acids is 1. The number of anilines is 1. The van der Waals surface area contributed by atoms with Gasteiger partial charge < -0.3 is 35.3 Å². The van der Waals surface area contributed by atoms with Crippen molar-refractivity contribution in [2.45, 2.75) is 9.79 Å². The molecule has 330 valence electrons. The smallest absolute Gasteiger partial charge is 0.871 e. The molecular weight excluding hydrogens is 962 g/mol. The first-order valence-electron chi connectivity index (χ1n) is 18.2. The van der Waals surface area contributed by atoms with Crippen LogP contribution in [0.1, 0.15) is 10.4 Å². The van der Waals surface area contributed by atoms with Crippen molar-refractivity contribution in [3.8, 4) is 34.1 Å². The van der Waals surface area contributed by atoms with Gasteiger partial charge in [-0.05, 0) is 76.5 Å². The Hall–Kier alpha value is -5.45. The van der Waals surface area contributed by atoms with E-state index >= 15 is 0 Å². The fraction of sp³-hybridized carbons (Fsp3) is 0.0488. The van der Waals surface area contributed by atoms with Crippen LogP contribution < -0.4 is 119 Å². The van der Waals surface area contributed by atoms with Gasteiger partial charge in [0, 0.05) is 28.5 Å². The number of nitro benzene ring substituents is 1. The Kier molecular flexibility index (Phi) is 18.1. The average molecular weight is 989 g/mol. The van der Waals surface area contributed by atoms with E-state index in [1.807, 2.05) is 0 Å². The fourth-order valence-electron chi connectivity index (χ4n) is 6.43. The second kappa shape index (κ2) is 22.3. The van der Waals surface area contributed by atoms with E-state index in [0.717, 1.165) is 24.3 Å². The number of azo groups is 3. The van der Waals surface area contributed by atoms with Gasteiger partial charge in [-0.2, -0.15) is 21.9 Å². The van der Waals surface area contributed by atoms with Crippen LogP contribution in [0.4, 0.5) is 45.5 Å². The molecule has 7 aromatic carbocycles. The Morgan fingerprint density at radius 1 is 0.618 bits per heavy atom. The molecule has 68 heavy (non-hydrogen) atoms. The van der Waals surface area contributed by atoms with E-state index in [0.29, 0.717) is 22.6 Å². The molecule has 0 aliphatic heterocycles. The van der Waals surface area contributed by atoms with Gasteiger partial charge in [0.25, 0.3) is 25.9 Å². The topological polar surface area (TPSA) is 357 Å². The van der Waals surface area contributed by atoms with Crippen LogP contribution in [-0.4, -0.2) is 51.1 Å². The van der Waals surface area contributed by atoms with Crippen molar-refractivity contribution < 1.29 is 149 Å². The maximum Gasteiger partial charge on any atom is 1.00 e. The zero-order valence-corrected chi connectivity index (χ0v) is 43.8. The summed E-state index contributed by atoms with van der Waals surface area (Å²) in [5, 5.41) is 73.6. The van der Waals surface area contributed by atoms with Crippen LogP contribution in [-0.2, 0) is 20.2 Å². The summed E-state index contributed by atoms with van der Waals surface area (Å²) in [6.45, 7) is 0. The number of nitrogens with two attached hydrogens (primary N) is 1. The third-order valence-electron chi connectivity index (χ3n) is 9.60. The Bertz CT molecular complexity index is 3490. The van der Waals surface area contributed by atoms with Crippen LogP contribution in [0, 0.1) is 10.1 Å². The van der Waals surface area contributed by atoms with Crippen molar-refractivity contribution in [2.75, 3.05) is 20.0 Å². The number of hydrogen-bond acceptors (Lipinski definition) is 19. The number of carbonyl (C=O) groups is 1. The molecule has 0 saturated heterocycles. The summed E-state index contributed by atoms with van der Waals surface area (Å²) in [4.78, 5) is 20.7. The second-order valence-electron chi connectivity index (χ2n) is 13.5. The number of ether oxygens (including phenoxy) is 2. The van der Waals surface area contributed by atoms with Crippen molar-refractivity contribution in [3.63, 3.8) is 0 Å². The van der Waals surface area contributed by atoms with Crippen molar-refractivity contribution in [1.82, 2.24) is 0 Å². The molecule has 0 aliphatic rings. The number of fused-ring (bicyclic) bond motifs is 2. The number of nitro groups is 1. The van der Waals surface area contributed by atoms with E-state index in [9.17, 15) is 56.2 Å². The Labute approximate surface area is 451 Å². The summed E-state index contributed by atoms with van der Waals surface area (Å²) in [5.74, 6) is -3.03. The predicted molar refractivity (Wildman–Crippen MR) is 226 cm³/mol. The number of benzene rings is 7. The zero-order valence-electron chi connectivity index (χ0n) is 36.1. The fourth-order valence-corrected chi connectivity index (χ4v) is 7.59. The van der Waals surface area contributed by atoms with Crippen LogP contribution in [0.15, 0.2) is 144 Å². The third-order valence-corrected chi connectivity index (χ3v) is 11.3. The van der Waals surface area contributed by atoms with Crippen LogP contribution in [0.25, 0.3) is 32.7 Å². The van der Waals surface area contributed by atoms with Crippen LogP contribution in [0.3, 0.4) is 0 Å². The maximum absolute atomic E-state index is 13.8. The zero-order chi connectivity index (χ0) is 47.0. The number of nitrogen functional groups attached to an aromatic ring is 1. The summed E-state index contributed by atoms with van der Waals surface area (Å²) >= 11 is 0. The molecule has 0 atom stereocenters. The minimum atomic E-state index is -5.20. The summed E-state index contributed by atoms with van der Waals surface area (Å²) < 4.78 is 79.3. The minimum absolute atomic E-state index is 0. The SMILES string of the molecule is COc1cc(-c2ccc(N=Nc3c([O-])ccc4cc(S(=O)(=O)O)ccc34)c(OC)c2)ccc1N=Nc1c(S(=O)(=O)O)cc2c(N=Nc3ccc([N+](=O)[O-])cc3C(=O)[O-])c(N)ccc2c1[O-].[Na+].[Na+].[Na+]. The third kappa shape index (κ3) is 11.7. The molecule has 22 nitrogen and oxygen atoms in total. The number of rotatable bonds is 13. The normalized spacial score (nSPS) is 11.6. The number of nitrogens with zero attached hydrogens (tertiary/aromatic N) is 7. The molecule has 0 amide bonds. The number of carboxylic acids is 1. The summed E-state index contributed by atoms with van der Waals surface area (Å²) in [6.07, 6.45) is 0. The van der Waals surface area contributed by atoms with Crippen molar-refractivity contribution >= 4 is 93.2 Å². The Morgan fingerprint density at radius 3 is 1.71 bits per heavy atom. The van der Waals surface area contributed by atoms with Gasteiger partial charge in [0.2, 0.25) is 0 Å². The molecule has 0 fully saturated rings. The molecule has 0 unspecified atom stereocenters.